The van der Waals surface area contributed by atoms with Gasteiger partial charge in [0, 0.05) is 12.1 Å². The Morgan fingerprint density at radius 2 is 1.65 bits per heavy atom. The molecule has 0 N–H and O–H groups in total. The highest BCUT2D eigenvalue weighted by atomic mass is 16.5. The average Bonchev–Trinajstić information content (AvgIpc) is 3.47. The Morgan fingerprint density at radius 1 is 0.935 bits per heavy atom. The summed E-state index contributed by atoms with van der Waals surface area (Å²) in [6.45, 7) is 3.02. The van der Waals surface area contributed by atoms with Gasteiger partial charge in [0.05, 0.1) is 19.9 Å². The van der Waals surface area contributed by atoms with Crippen molar-refractivity contribution in [3.05, 3.63) is 71.4 Å². The molecule has 0 radical (unpaired) electrons. The number of hydrogen-bond acceptors (Lipinski definition) is 6. The summed E-state index contributed by atoms with van der Waals surface area (Å²) in [5.41, 5.74) is 3.05. The maximum absolute atomic E-state index is 12.8. The highest BCUT2D eigenvalue weighted by molar-refractivity contribution is 6.06. The molecule has 1 saturated heterocycles. The van der Waals surface area contributed by atoms with Crippen LogP contribution in [0.25, 0.3) is 16.9 Å². The summed E-state index contributed by atoms with van der Waals surface area (Å²) >= 11 is 0. The Morgan fingerprint density at radius 3 is 2.32 bits per heavy atom. The van der Waals surface area contributed by atoms with E-state index in [9.17, 15) is 9.59 Å². The first-order chi connectivity index (χ1) is 15.1. The molecule has 1 fully saturated rings. The second kappa shape index (κ2) is 9.14. The van der Waals surface area contributed by atoms with Crippen LogP contribution in [0, 0.1) is 0 Å². The van der Waals surface area contributed by atoms with E-state index in [1.54, 1.807) is 0 Å². The molecule has 0 aliphatic carbocycles. The molecule has 0 amide bonds. The zero-order valence-corrected chi connectivity index (χ0v) is 17.7. The van der Waals surface area contributed by atoms with E-state index in [4.69, 9.17) is 9.47 Å². The number of carbonyl (C=O) groups is 2. The molecule has 0 saturated carbocycles. The molecule has 7 nitrogen and oxygen atoms in total. The van der Waals surface area contributed by atoms with Crippen LogP contribution in [0.5, 0.6) is 0 Å². The highest BCUT2D eigenvalue weighted by Gasteiger charge is 2.31. The van der Waals surface area contributed by atoms with Gasteiger partial charge in [-0.25, -0.2) is 14.3 Å². The molecule has 0 bridgehead atoms. The van der Waals surface area contributed by atoms with Crippen LogP contribution < -0.4 is 0 Å². The molecule has 4 rings (SSSR count). The second-order valence-electron chi connectivity index (χ2n) is 7.49. The molecule has 0 unspecified atom stereocenters. The lowest BCUT2D eigenvalue weighted by atomic mass is 10.0. The van der Waals surface area contributed by atoms with Gasteiger partial charge < -0.3 is 9.47 Å². The van der Waals surface area contributed by atoms with Crippen LogP contribution in [-0.4, -0.2) is 53.9 Å². The Labute approximate surface area is 181 Å². The third-order valence-corrected chi connectivity index (χ3v) is 5.46. The number of nitrogens with zero attached hydrogens (tertiary/aromatic N) is 3. The predicted octanol–water partition coefficient (Wildman–Crippen LogP) is 3.71. The van der Waals surface area contributed by atoms with Crippen molar-refractivity contribution in [1.82, 2.24) is 14.7 Å². The van der Waals surface area contributed by atoms with Crippen LogP contribution in [0.2, 0.25) is 0 Å². The van der Waals surface area contributed by atoms with Crippen LogP contribution in [0.3, 0.4) is 0 Å². The molecule has 0 spiro atoms. The Kier molecular flexibility index (Phi) is 6.13. The van der Waals surface area contributed by atoms with E-state index in [0.29, 0.717) is 11.4 Å². The van der Waals surface area contributed by atoms with Gasteiger partial charge in [0.25, 0.3) is 0 Å². The summed E-state index contributed by atoms with van der Waals surface area (Å²) in [5, 5.41) is 4.66. The van der Waals surface area contributed by atoms with Crippen molar-refractivity contribution < 1.29 is 19.1 Å². The summed E-state index contributed by atoms with van der Waals surface area (Å²) < 4.78 is 11.4. The highest BCUT2D eigenvalue weighted by Crippen LogP contribution is 2.30. The summed E-state index contributed by atoms with van der Waals surface area (Å²) in [7, 11) is 2.57. The summed E-state index contributed by atoms with van der Waals surface area (Å²) in [6.07, 6.45) is 2.44. The van der Waals surface area contributed by atoms with Crippen molar-refractivity contribution in [1.29, 1.82) is 0 Å². The van der Waals surface area contributed by atoms with Gasteiger partial charge in [-0.15, -0.1) is 0 Å². The number of ether oxygens (including phenoxy) is 2. The van der Waals surface area contributed by atoms with Gasteiger partial charge in [0.2, 0.25) is 0 Å². The third kappa shape index (κ3) is 4.22. The van der Waals surface area contributed by atoms with Crippen molar-refractivity contribution >= 4 is 11.9 Å². The fraction of sp³-hybridized carbons (Fsp3) is 0.292. The van der Waals surface area contributed by atoms with Crippen molar-refractivity contribution in [2.45, 2.75) is 19.4 Å². The molecular weight excluding hydrogens is 394 g/mol. The van der Waals surface area contributed by atoms with Crippen molar-refractivity contribution in [2.24, 2.45) is 0 Å². The van der Waals surface area contributed by atoms with E-state index >= 15 is 0 Å². The summed E-state index contributed by atoms with van der Waals surface area (Å²) in [5.74, 6) is -1.29. The van der Waals surface area contributed by atoms with Gasteiger partial charge >= 0.3 is 11.9 Å². The molecule has 7 heteroatoms. The van der Waals surface area contributed by atoms with Gasteiger partial charge in [-0.05, 0) is 49.7 Å². The van der Waals surface area contributed by atoms with Crippen LogP contribution in [0.15, 0.2) is 54.6 Å². The number of likely N-dealkylation sites (tertiary alicyclic amines) is 1. The minimum atomic E-state index is -0.656. The maximum Gasteiger partial charge on any atom is 0.357 e. The first-order valence-corrected chi connectivity index (χ1v) is 10.3. The number of hydrogen-bond donors (Lipinski definition) is 0. The quantitative estimate of drug-likeness (QED) is 0.567. The Bertz CT molecular complexity index is 1090. The number of carbonyl (C=O) groups excluding carboxylic acids is 2. The van der Waals surface area contributed by atoms with Crippen LogP contribution >= 0.6 is 0 Å². The minimum Gasteiger partial charge on any atom is -0.465 e. The van der Waals surface area contributed by atoms with E-state index in [0.717, 1.165) is 30.8 Å². The number of methoxy groups -OCH3 is 2. The lowest BCUT2D eigenvalue weighted by Crippen LogP contribution is -2.18. The minimum absolute atomic E-state index is 0.0421. The topological polar surface area (TPSA) is 73.7 Å². The van der Waals surface area contributed by atoms with Crippen molar-refractivity contribution in [3.8, 4) is 16.9 Å². The van der Waals surface area contributed by atoms with Gasteiger partial charge in [0.1, 0.15) is 11.3 Å². The molecular formula is C24H25N3O4. The molecule has 2 heterocycles. The lowest BCUT2D eigenvalue weighted by Gasteiger charge is -2.15. The zero-order valence-electron chi connectivity index (χ0n) is 17.7. The lowest BCUT2D eigenvalue weighted by molar-refractivity contribution is 0.0549. The van der Waals surface area contributed by atoms with Gasteiger partial charge in [0.15, 0.2) is 5.69 Å². The second-order valence-corrected chi connectivity index (χ2v) is 7.49. The molecule has 31 heavy (non-hydrogen) atoms. The summed E-state index contributed by atoms with van der Waals surface area (Å²) in [6, 6.07) is 17.1. The Balaban J connectivity index is 1.86. The number of benzene rings is 2. The van der Waals surface area contributed by atoms with Crippen molar-refractivity contribution in [3.63, 3.8) is 0 Å². The molecule has 1 aliphatic rings. The largest absolute Gasteiger partial charge is 0.465 e. The molecule has 1 aliphatic heterocycles. The number of rotatable bonds is 6. The molecule has 1 aromatic heterocycles. The predicted molar refractivity (Wildman–Crippen MR) is 116 cm³/mol. The fourth-order valence-electron chi connectivity index (χ4n) is 3.97. The first-order valence-electron chi connectivity index (χ1n) is 10.3. The van der Waals surface area contributed by atoms with E-state index in [1.165, 1.54) is 31.7 Å². The molecule has 3 aromatic rings. The standard InChI is InChI=1S/C24H25N3O4/c1-30-23(28)20-21(18-10-8-9-17(15-18)16-26-13-6-7-14-26)25-27(22(20)24(29)31-2)19-11-4-3-5-12-19/h3-5,8-12,15H,6-7,13-14,16H2,1-2H3. The van der Waals surface area contributed by atoms with Crippen LogP contribution in [0.1, 0.15) is 39.3 Å². The van der Waals surface area contributed by atoms with E-state index < -0.39 is 11.9 Å². The van der Waals surface area contributed by atoms with E-state index in [-0.39, 0.29) is 11.3 Å². The number of esters is 2. The fourth-order valence-corrected chi connectivity index (χ4v) is 3.97. The number of para-hydroxylation sites is 1. The first kappa shape index (κ1) is 20.8. The van der Waals surface area contributed by atoms with Crippen LogP contribution in [-0.2, 0) is 16.0 Å². The zero-order chi connectivity index (χ0) is 21.8. The summed E-state index contributed by atoms with van der Waals surface area (Å²) in [4.78, 5) is 27.9. The SMILES string of the molecule is COC(=O)c1c(-c2cccc(CN3CCCC3)c2)nn(-c2ccccc2)c1C(=O)OC. The van der Waals surface area contributed by atoms with Gasteiger partial charge in [-0.2, -0.15) is 5.10 Å². The van der Waals surface area contributed by atoms with E-state index in [1.807, 2.05) is 48.5 Å². The Hall–Kier alpha value is -3.45. The van der Waals surface area contributed by atoms with Crippen molar-refractivity contribution in [2.75, 3.05) is 27.3 Å². The average molecular weight is 419 g/mol. The van der Waals surface area contributed by atoms with Gasteiger partial charge in [-0.1, -0.05) is 36.4 Å². The van der Waals surface area contributed by atoms with E-state index in [2.05, 4.69) is 16.1 Å². The molecule has 2 aromatic carbocycles. The molecule has 0 atom stereocenters. The number of aromatic nitrogens is 2. The molecule has 160 valence electrons. The van der Waals surface area contributed by atoms with Crippen LogP contribution in [0.4, 0.5) is 0 Å². The normalized spacial score (nSPS) is 13.9. The smallest absolute Gasteiger partial charge is 0.357 e. The monoisotopic (exact) mass is 419 g/mol. The van der Waals surface area contributed by atoms with Gasteiger partial charge in [-0.3, -0.25) is 4.90 Å². The maximum atomic E-state index is 12.8. The third-order valence-electron chi connectivity index (χ3n) is 5.46.